The smallest absolute Gasteiger partial charge is 0.166 e. The van der Waals surface area contributed by atoms with E-state index in [9.17, 15) is 0 Å². The maximum Gasteiger partial charge on any atom is 0.166 e. The molecule has 0 radical (unpaired) electrons. The molecule has 3 nitrogen and oxygen atoms in total. The van der Waals surface area contributed by atoms with Crippen molar-refractivity contribution in [1.82, 2.24) is 10.6 Å². The predicted octanol–water partition coefficient (Wildman–Crippen LogP) is 2.70. The molecular formula is C13H28N2OS. The van der Waals surface area contributed by atoms with Crippen LogP contribution in [0.25, 0.3) is 0 Å². The molecule has 0 spiro atoms. The van der Waals surface area contributed by atoms with E-state index in [1.165, 1.54) is 0 Å². The Labute approximate surface area is 112 Å². The Morgan fingerprint density at radius 2 is 1.76 bits per heavy atom. The highest BCUT2D eigenvalue weighted by molar-refractivity contribution is 7.80. The zero-order chi connectivity index (χ0) is 13.7. The molecule has 1 unspecified atom stereocenters. The van der Waals surface area contributed by atoms with E-state index in [1.54, 1.807) is 7.11 Å². The molecule has 0 aromatic carbocycles. The first kappa shape index (κ1) is 16.6. The lowest BCUT2D eigenvalue weighted by molar-refractivity contribution is 0.178. The van der Waals surface area contributed by atoms with E-state index < -0.39 is 0 Å². The molecule has 4 heteroatoms. The first-order chi connectivity index (χ1) is 7.56. The summed E-state index contributed by atoms with van der Waals surface area (Å²) in [7, 11) is 1.69. The average Bonchev–Trinajstić information content (AvgIpc) is 1.96. The van der Waals surface area contributed by atoms with Gasteiger partial charge in [-0.05, 0) is 44.8 Å². The fraction of sp³-hybridized carbons (Fsp3) is 0.923. The molecule has 0 saturated carbocycles. The normalized spacial score (nSPS) is 14.3. The molecule has 1 atom stereocenters. The van der Waals surface area contributed by atoms with Gasteiger partial charge in [-0.25, -0.2) is 0 Å². The van der Waals surface area contributed by atoms with E-state index in [0.717, 1.165) is 6.42 Å². The largest absolute Gasteiger partial charge is 0.383 e. The van der Waals surface area contributed by atoms with Crippen LogP contribution in [0.3, 0.4) is 0 Å². The van der Waals surface area contributed by atoms with Gasteiger partial charge in [-0.15, -0.1) is 0 Å². The van der Waals surface area contributed by atoms with Crippen LogP contribution in [0.4, 0.5) is 0 Å². The van der Waals surface area contributed by atoms with Gasteiger partial charge in [0.05, 0.1) is 6.61 Å². The molecule has 0 saturated heterocycles. The van der Waals surface area contributed by atoms with Crippen LogP contribution in [0, 0.1) is 5.41 Å². The minimum Gasteiger partial charge on any atom is -0.383 e. The van der Waals surface area contributed by atoms with E-state index in [0.29, 0.717) is 11.7 Å². The topological polar surface area (TPSA) is 33.3 Å². The van der Waals surface area contributed by atoms with Crippen molar-refractivity contribution < 1.29 is 4.74 Å². The van der Waals surface area contributed by atoms with Crippen LogP contribution >= 0.6 is 12.2 Å². The van der Waals surface area contributed by atoms with Crippen molar-refractivity contribution in [2.45, 2.75) is 59.5 Å². The molecule has 17 heavy (non-hydrogen) atoms. The average molecular weight is 260 g/mol. The molecule has 0 aliphatic rings. The van der Waals surface area contributed by atoms with Crippen molar-refractivity contribution in [3.05, 3.63) is 0 Å². The van der Waals surface area contributed by atoms with Crippen molar-refractivity contribution in [2.24, 2.45) is 5.41 Å². The van der Waals surface area contributed by atoms with Gasteiger partial charge < -0.3 is 15.4 Å². The summed E-state index contributed by atoms with van der Waals surface area (Å²) in [6.45, 7) is 13.8. The molecule has 0 rings (SSSR count). The zero-order valence-corrected chi connectivity index (χ0v) is 13.1. The van der Waals surface area contributed by atoms with Crippen LogP contribution in [0.1, 0.15) is 48.0 Å². The van der Waals surface area contributed by atoms with E-state index in [-0.39, 0.29) is 17.0 Å². The number of hydrogen-bond acceptors (Lipinski definition) is 2. The second-order valence-electron chi connectivity index (χ2n) is 6.58. The van der Waals surface area contributed by atoms with Crippen molar-refractivity contribution in [1.29, 1.82) is 0 Å². The van der Waals surface area contributed by atoms with Crippen molar-refractivity contribution in [2.75, 3.05) is 13.7 Å². The van der Waals surface area contributed by atoms with Crippen LogP contribution in [-0.2, 0) is 4.74 Å². The fourth-order valence-electron chi connectivity index (χ4n) is 2.23. The third-order valence-corrected chi connectivity index (χ3v) is 2.44. The minimum atomic E-state index is -0.00484. The number of thiocarbonyl (C=S) groups is 1. The SMILES string of the molecule is COCC(C)NC(=S)NC(C)(C)CC(C)(C)C. The molecule has 0 aromatic heterocycles. The number of nitrogens with one attached hydrogen (secondary N) is 2. The minimum absolute atomic E-state index is 0.00484. The standard InChI is InChI=1S/C13H28N2OS/c1-10(8-16-7)14-11(17)15-13(5,6)9-12(2,3)4/h10H,8-9H2,1-7H3,(H2,14,15,17). The first-order valence-electron chi connectivity index (χ1n) is 6.13. The van der Waals surface area contributed by atoms with Gasteiger partial charge in [0.2, 0.25) is 0 Å². The van der Waals surface area contributed by atoms with Crippen LogP contribution in [0.15, 0.2) is 0 Å². The Morgan fingerprint density at radius 1 is 1.24 bits per heavy atom. The Kier molecular flexibility index (Phi) is 6.41. The first-order valence-corrected chi connectivity index (χ1v) is 6.54. The monoisotopic (exact) mass is 260 g/mol. The molecule has 0 aromatic rings. The maximum atomic E-state index is 5.30. The van der Waals surface area contributed by atoms with Crippen LogP contribution < -0.4 is 10.6 Å². The lowest BCUT2D eigenvalue weighted by Gasteiger charge is -2.34. The fourth-order valence-corrected chi connectivity index (χ4v) is 2.71. The molecule has 102 valence electrons. The van der Waals surface area contributed by atoms with Gasteiger partial charge in [-0.2, -0.15) is 0 Å². The second kappa shape index (κ2) is 6.55. The van der Waals surface area contributed by atoms with E-state index >= 15 is 0 Å². The molecule has 2 N–H and O–H groups in total. The Bertz CT molecular complexity index is 246. The van der Waals surface area contributed by atoms with Gasteiger partial charge in [-0.3, -0.25) is 0 Å². The summed E-state index contributed by atoms with van der Waals surface area (Å²) in [5.41, 5.74) is 0.277. The predicted molar refractivity (Wildman–Crippen MR) is 78.4 cm³/mol. The lowest BCUT2D eigenvalue weighted by atomic mass is 9.82. The van der Waals surface area contributed by atoms with Gasteiger partial charge in [0.1, 0.15) is 0 Å². The summed E-state index contributed by atoms with van der Waals surface area (Å²) >= 11 is 5.30. The summed E-state index contributed by atoms with van der Waals surface area (Å²) in [6.07, 6.45) is 1.06. The van der Waals surface area contributed by atoms with Crippen molar-refractivity contribution in [3.63, 3.8) is 0 Å². The Morgan fingerprint density at radius 3 is 2.18 bits per heavy atom. The second-order valence-corrected chi connectivity index (χ2v) is 6.98. The summed E-state index contributed by atoms with van der Waals surface area (Å²) in [5, 5.41) is 7.28. The highest BCUT2D eigenvalue weighted by Gasteiger charge is 2.26. The van der Waals surface area contributed by atoms with Crippen LogP contribution in [0.5, 0.6) is 0 Å². The lowest BCUT2D eigenvalue weighted by Crippen LogP contribution is -2.52. The summed E-state index contributed by atoms with van der Waals surface area (Å²) in [5.74, 6) is 0. The molecule has 0 aliphatic carbocycles. The zero-order valence-electron chi connectivity index (χ0n) is 12.3. The van der Waals surface area contributed by atoms with Gasteiger partial charge in [0.25, 0.3) is 0 Å². The van der Waals surface area contributed by atoms with E-state index in [2.05, 4.69) is 45.3 Å². The number of ether oxygens (including phenoxy) is 1. The van der Waals surface area contributed by atoms with E-state index in [1.807, 2.05) is 6.92 Å². The van der Waals surface area contributed by atoms with Gasteiger partial charge in [-0.1, -0.05) is 20.8 Å². The summed E-state index contributed by atoms with van der Waals surface area (Å²) < 4.78 is 5.07. The van der Waals surface area contributed by atoms with Crippen LogP contribution in [0.2, 0.25) is 0 Å². The molecule has 0 bridgehead atoms. The number of methoxy groups -OCH3 is 1. The summed E-state index contributed by atoms with van der Waals surface area (Å²) in [4.78, 5) is 0. The number of hydrogen-bond donors (Lipinski definition) is 2. The molecule has 0 aliphatic heterocycles. The van der Waals surface area contributed by atoms with Crippen LogP contribution in [-0.4, -0.2) is 30.4 Å². The quantitative estimate of drug-likeness (QED) is 0.745. The number of rotatable bonds is 5. The molecule has 0 heterocycles. The van der Waals surface area contributed by atoms with Gasteiger partial charge in [0.15, 0.2) is 5.11 Å². The van der Waals surface area contributed by atoms with E-state index in [4.69, 9.17) is 17.0 Å². The molecule has 0 fully saturated rings. The molecule has 0 amide bonds. The van der Waals surface area contributed by atoms with Gasteiger partial charge >= 0.3 is 0 Å². The van der Waals surface area contributed by atoms with Gasteiger partial charge in [0, 0.05) is 18.7 Å². The maximum absolute atomic E-state index is 5.30. The van der Waals surface area contributed by atoms with Crippen molar-refractivity contribution in [3.8, 4) is 0 Å². The highest BCUT2D eigenvalue weighted by Crippen LogP contribution is 2.26. The highest BCUT2D eigenvalue weighted by atomic mass is 32.1. The Hall–Kier alpha value is -0.350. The molecular weight excluding hydrogens is 232 g/mol. The third-order valence-electron chi connectivity index (χ3n) is 2.22. The Balaban J connectivity index is 4.18. The summed E-state index contributed by atoms with van der Waals surface area (Å²) in [6, 6.07) is 0.227. The van der Waals surface area contributed by atoms with Crippen molar-refractivity contribution >= 4 is 17.3 Å². The third kappa shape index (κ3) is 9.36.